The van der Waals surface area contributed by atoms with Crippen LogP contribution in [0.4, 0.5) is 4.79 Å². The lowest BCUT2D eigenvalue weighted by Gasteiger charge is -2.17. The zero-order valence-corrected chi connectivity index (χ0v) is 17.2. The topological polar surface area (TPSA) is 64.6 Å². The Labute approximate surface area is 169 Å². The maximum absolute atomic E-state index is 12.4. The highest BCUT2D eigenvalue weighted by atomic mass is 16.6. The first-order valence-corrected chi connectivity index (χ1v) is 10.4. The third-order valence-electron chi connectivity index (χ3n) is 4.43. The van der Waals surface area contributed by atoms with Gasteiger partial charge in [-0.15, -0.1) is 6.58 Å². The van der Waals surface area contributed by atoms with Gasteiger partial charge in [-0.05, 0) is 31.7 Å². The summed E-state index contributed by atoms with van der Waals surface area (Å²) in [6.45, 7) is 6.09. The average molecular weight is 390 g/mol. The molecule has 1 atom stereocenters. The van der Waals surface area contributed by atoms with Crippen LogP contribution in [0.2, 0.25) is 0 Å². The average Bonchev–Trinajstić information content (AvgIpc) is 2.69. The summed E-state index contributed by atoms with van der Waals surface area (Å²) in [6, 6.07) is 8.81. The van der Waals surface area contributed by atoms with E-state index in [9.17, 15) is 9.59 Å². The van der Waals surface area contributed by atoms with E-state index in [0.29, 0.717) is 13.0 Å². The molecule has 1 rings (SSSR count). The van der Waals surface area contributed by atoms with E-state index in [1.165, 1.54) is 25.7 Å². The Bertz CT molecular complexity index is 559. The highest BCUT2D eigenvalue weighted by Crippen LogP contribution is 2.10. The molecule has 0 radical (unpaired) electrons. The Kier molecular flexibility index (Phi) is 13.3. The molecule has 0 aromatic heterocycles. The number of amides is 1. The molecule has 1 aromatic rings. The number of allylic oxidation sites excluding steroid dienone is 1. The monoisotopic (exact) mass is 389 g/mol. The summed E-state index contributed by atoms with van der Waals surface area (Å²) in [5.74, 6) is -0.415. The maximum atomic E-state index is 12.4. The second-order valence-corrected chi connectivity index (χ2v) is 6.83. The Morgan fingerprint density at radius 3 is 2.29 bits per heavy atom. The van der Waals surface area contributed by atoms with Crippen molar-refractivity contribution in [3.63, 3.8) is 0 Å². The van der Waals surface area contributed by atoms with Crippen LogP contribution in [0.5, 0.6) is 0 Å². The normalized spacial score (nSPS) is 11.5. The third kappa shape index (κ3) is 11.4. The summed E-state index contributed by atoms with van der Waals surface area (Å²) >= 11 is 0. The highest BCUT2D eigenvalue weighted by Gasteiger charge is 2.23. The molecule has 1 amide bonds. The van der Waals surface area contributed by atoms with Crippen LogP contribution in [0.25, 0.3) is 0 Å². The zero-order chi connectivity index (χ0) is 20.5. The molecule has 0 bridgehead atoms. The predicted molar refractivity (Wildman–Crippen MR) is 112 cm³/mol. The number of hydrogen-bond acceptors (Lipinski definition) is 4. The van der Waals surface area contributed by atoms with Gasteiger partial charge in [-0.1, -0.05) is 68.5 Å². The minimum absolute atomic E-state index is 0.256. The number of nitrogens with one attached hydrogen (secondary N) is 1. The molecule has 0 saturated carbocycles. The number of esters is 1. The van der Waals surface area contributed by atoms with Gasteiger partial charge in [-0.2, -0.15) is 0 Å². The molecule has 0 aliphatic rings. The van der Waals surface area contributed by atoms with Crippen molar-refractivity contribution >= 4 is 12.1 Å². The van der Waals surface area contributed by atoms with Gasteiger partial charge in [0.05, 0.1) is 13.2 Å². The summed E-state index contributed by atoms with van der Waals surface area (Å²) in [5.41, 5.74) is 0.956. The second-order valence-electron chi connectivity index (χ2n) is 6.83. The maximum Gasteiger partial charge on any atom is 0.407 e. The number of unbranched alkanes of at least 4 members (excludes halogenated alkanes) is 7. The van der Waals surface area contributed by atoms with Gasteiger partial charge in [0.15, 0.2) is 0 Å². The molecule has 5 nitrogen and oxygen atoms in total. The third-order valence-corrected chi connectivity index (χ3v) is 4.43. The summed E-state index contributed by atoms with van der Waals surface area (Å²) in [6.07, 6.45) is 10.8. The molecule has 5 heteroatoms. The van der Waals surface area contributed by atoms with Crippen LogP contribution >= 0.6 is 0 Å². The van der Waals surface area contributed by atoms with Crippen molar-refractivity contribution in [2.75, 3.05) is 13.2 Å². The standard InChI is InChI=1S/C23H35NO4/c1-3-5-6-7-8-9-10-11-15-18-28-22(25)21(24-23(26)27-4-2)19-20-16-13-12-14-17-20/h3,12-14,16-17,21H,1,4-11,15,18-19H2,2H3,(H,24,26)/t21-/m0/s1. The van der Waals surface area contributed by atoms with E-state index < -0.39 is 18.1 Å². The summed E-state index contributed by atoms with van der Waals surface area (Å²) in [7, 11) is 0. The fourth-order valence-electron chi connectivity index (χ4n) is 2.91. The van der Waals surface area contributed by atoms with Gasteiger partial charge in [0.2, 0.25) is 0 Å². The fourth-order valence-corrected chi connectivity index (χ4v) is 2.91. The van der Waals surface area contributed by atoms with E-state index in [-0.39, 0.29) is 6.61 Å². The van der Waals surface area contributed by atoms with Gasteiger partial charge < -0.3 is 14.8 Å². The first-order chi connectivity index (χ1) is 13.7. The van der Waals surface area contributed by atoms with E-state index in [1.54, 1.807) is 6.92 Å². The van der Waals surface area contributed by atoms with Gasteiger partial charge >= 0.3 is 12.1 Å². The van der Waals surface area contributed by atoms with Crippen molar-refractivity contribution in [1.82, 2.24) is 5.32 Å². The molecular formula is C23H35NO4. The summed E-state index contributed by atoms with van der Waals surface area (Å²) in [4.78, 5) is 24.2. The smallest absolute Gasteiger partial charge is 0.407 e. The van der Waals surface area contributed by atoms with Crippen molar-refractivity contribution in [1.29, 1.82) is 0 Å². The minimum Gasteiger partial charge on any atom is -0.464 e. The van der Waals surface area contributed by atoms with Gasteiger partial charge in [-0.3, -0.25) is 0 Å². The quantitative estimate of drug-likeness (QED) is 0.255. The molecule has 0 aliphatic carbocycles. The predicted octanol–water partition coefficient (Wildman–Crippen LogP) is 5.19. The first-order valence-electron chi connectivity index (χ1n) is 10.4. The van der Waals surface area contributed by atoms with Crippen LogP contribution in [0.3, 0.4) is 0 Å². The molecule has 156 valence electrons. The molecule has 1 aromatic carbocycles. The molecule has 0 heterocycles. The van der Waals surface area contributed by atoms with E-state index >= 15 is 0 Å². The highest BCUT2D eigenvalue weighted by molar-refractivity contribution is 5.81. The minimum atomic E-state index is -0.744. The van der Waals surface area contributed by atoms with Gasteiger partial charge in [0.25, 0.3) is 0 Å². The number of benzene rings is 1. The van der Waals surface area contributed by atoms with Crippen LogP contribution in [-0.2, 0) is 20.7 Å². The van der Waals surface area contributed by atoms with Crippen molar-refractivity contribution < 1.29 is 19.1 Å². The summed E-state index contributed by atoms with van der Waals surface area (Å²) in [5, 5.41) is 2.61. The number of rotatable bonds is 15. The van der Waals surface area contributed by atoms with Crippen LogP contribution in [0, 0.1) is 0 Å². The molecule has 0 spiro atoms. The summed E-state index contributed by atoms with van der Waals surface area (Å²) < 4.78 is 10.3. The van der Waals surface area contributed by atoms with Gasteiger partial charge in [0, 0.05) is 6.42 Å². The van der Waals surface area contributed by atoms with E-state index in [1.807, 2.05) is 36.4 Å². The second kappa shape index (κ2) is 15.7. The fraction of sp³-hybridized carbons (Fsp3) is 0.565. The number of carbonyl (C=O) groups excluding carboxylic acids is 2. The molecule has 0 aliphatic heterocycles. The molecule has 28 heavy (non-hydrogen) atoms. The van der Waals surface area contributed by atoms with Gasteiger partial charge in [-0.25, -0.2) is 9.59 Å². The van der Waals surface area contributed by atoms with Crippen LogP contribution in [-0.4, -0.2) is 31.3 Å². The molecule has 0 fully saturated rings. The Morgan fingerprint density at radius 1 is 1.00 bits per heavy atom. The molecule has 1 N–H and O–H groups in total. The molecule has 0 unspecified atom stereocenters. The van der Waals surface area contributed by atoms with Crippen LogP contribution in [0.15, 0.2) is 43.0 Å². The lowest BCUT2D eigenvalue weighted by Crippen LogP contribution is -2.43. The van der Waals surface area contributed by atoms with Crippen molar-refractivity contribution in [3.05, 3.63) is 48.6 Å². The number of carbonyl (C=O) groups is 2. The lowest BCUT2D eigenvalue weighted by atomic mass is 10.1. The van der Waals surface area contributed by atoms with Crippen molar-refractivity contribution in [2.45, 2.75) is 70.8 Å². The Balaban J connectivity index is 2.30. The SMILES string of the molecule is C=CCCCCCCCCCOC(=O)[C@H](Cc1ccccc1)NC(=O)OCC. The zero-order valence-electron chi connectivity index (χ0n) is 17.2. The van der Waals surface area contributed by atoms with Crippen LogP contribution in [0.1, 0.15) is 63.9 Å². The Morgan fingerprint density at radius 2 is 1.64 bits per heavy atom. The number of alkyl carbamates (subject to hydrolysis) is 1. The first kappa shape index (κ1) is 23.7. The van der Waals surface area contributed by atoms with Crippen LogP contribution < -0.4 is 5.32 Å². The number of hydrogen-bond donors (Lipinski definition) is 1. The lowest BCUT2D eigenvalue weighted by molar-refractivity contribution is -0.146. The van der Waals surface area contributed by atoms with Crippen molar-refractivity contribution in [2.24, 2.45) is 0 Å². The largest absolute Gasteiger partial charge is 0.464 e. The van der Waals surface area contributed by atoms with Crippen molar-refractivity contribution in [3.8, 4) is 0 Å². The van der Waals surface area contributed by atoms with E-state index in [0.717, 1.165) is 31.2 Å². The Hall–Kier alpha value is -2.30. The van der Waals surface area contributed by atoms with E-state index in [4.69, 9.17) is 9.47 Å². The molecule has 0 saturated heterocycles. The van der Waals surface area contributed by atoms with E-state index in [2.05, 4.69) is 11.9 Å². The van der Waals surface area contributed by atoms with Gasteiger partial charge in [0.1, 0.15) is 6.04 Å². The number of ether oxygens (including phenoxy) is 2. The molecular weight excluding hydrogens is 354 g/mol.